The van der Waals surface area contributed by atoms with Crippen LogP contribution in [0.4, 0.5) is 5.69 Å². The van der Waals surface area contributed by atoms with Gasteiger partial charge in [0.1, 0.15) is 0 Å². The smallest absolute Gasteiger partial charge is 0.358 e. The summed E-state index contributed by atoms with van der Waals surface area (Å²) in [5.41, 5.74) is -0.460. The first kappa shape index (κ1) is 12.6. The minimum absolute atomic E-state index is 0.0771. The fourth-order valence-corrected chi connectivity index (χ4v) is 1.65. The molecular formula is C11H8N2O6. The van der Waals surface area contributed by atoms with Crippen LogP contribution in [0.5, 0.6) is 5.75 Å². The normalized spacial score (nSPS) is 10.2. The van der Waals surface area contributed by atoms with Gasteiger partial charge in [0.15, 0.2) is 17.8 Å². The van der Waals surface area contributed by atoms with Crippen molar-refractivity contribution in [1.82, 2.24) is 4.98 Å². The molecule has 0 amide bonds. The van der Waals surface area contributed by atoms with Crippen LogP contribution in [0.15, 0.2) is 29.0 Å². The molecule has 8 nitrogen and oxygen atoms in total. The molecule has 0 radical (unpaired) electrons. The van der Waals surface area contributed by atoms with Crippen molar-refractivity contribution in [3.63, 3.8) is 0 Å². The fourth-order valence-electron chi connectivity index (χ4n) is 1.65. The van der Waals surface area contributed by atoms with Gasteiger partial charge in [0.05, 0.1) is 17.6 Å². The number of carboxylic acid groups (broad SMARTS) is 1. The Balaban J connectivity index is 2.69. The Hall–Kier alpha value is -2.90. The number of oxazole rings is 1. The molecule has 0 saturated heterocycles. The average molecular weight is 264 g/mol. The number of methoxy groups -OCH3 is 1. The molecule has 0 aliphatic heterocycles. The van der Waals surface area contributed by atoms with Gasteiger partial charge >= 0.3 is 11.7 Å². The van der Waals surface area contributed by atoms with E-state index in [0.717, 1.165) is 6.39 Å². The second-order valence-corrected chi connectivity index (χ2v) is 3.45. The molecule has 0 bridgehead atoms. The lowest BCUT2D eigenvalue weighted by atomic mass is 10.1. The minimum atomic E-state index is -1.29. The van der Waals surface area contributed by atoms with Crippen molar-refractivity contribution in [3.8, 4) is 17.1 Å². The van der Waals surface area contributed by atoms with Crippen LogP contribution >= 0.6 is 0 Å². The molecular weight excluding hydrogens is 256 g/mol. The van der Waals surface area contributed by atoms with Gasteiger partial charge < -0.3 is 14.3 Å². The summed E-state index contributed by atoms with van der Waals surface area (Å²) in [5, 5.41) is 19.8. The Bertz CT molecular complexity index is 648. The molecule has 1 aromatic heterocycles. The van der Waals surface area contributed by atoms with Crippen molar-refractivity contribution in [2.24, 2.45) is 0 Å². The van der Waals surface area contributed by atoms with Crippen LogP contribution in [-0.2, 0) is 0 Å². The number of benzene rings is 1. The van der Waals surface area contributed by atoms with E-state index in [1.807, 2.05) is 0 Å². The van der Waals surface area contributed by atoms with Crippen molar-refractivity contribution in [3.05, 3.63) is 40.4 Å². The predicted molar refractivity (Wildman–Crippen MR) is 62.1 cm³/mol. The molecule has 1 N–H and O–H groups in total. The van der Waals surface area contributed by atoms with Crippen molar-refractivity contribution in [2.45, 2.75) is 0 Å². The number of aromatic carboxylic acids is 1. The second kappa shape index (κ2) is 4.77. The number of carboxylic acids is 1. The van der Waals surface area contributed by atoms with Gasteiger partial charge in [-0.1, -0.05) is 6.07 Å². The quantitative estimate of drug-likeness (QED) is 0.662. The number of nitrogens with zero attached hydrogens (tertiary/aromatic N) is 2. The zero-order valence-electron chi connectivity index (χ0n) is 9.69. The van der Waals surface area contributed by atoms with Crippen LogP contribution in [0, 0.1) is 10.1 Å². The highest BCUT2D eigenvalue weighted by Gasteiger charge is 2.25. The number of aromatic nitrogens is 1. The highest BCUT2D eigenvalue weighted by molar-refractivity contribution is 5.93. The maximum Gasteiger partial charge on any atom is 0.358 e. The SMILES string of the molecule is COc1c(-c2ocnc2C(=O)O)cccc1[N+](=O)[O-]. The number of ether oxygens (including phenoxy) is 1. The van der Waals surface area contributed by atoms with Gasteiger partial charge in [-0.3, -0.25) is 10.1 Å². The number of rotatable bonds is 4. The average Bonchev–Trinajstić information content (AvgIpc) is 2.86. The lowest BCUT2D eigenvalue weighted by Crippen LogP contribution is -2.01. The highest BCUT2D eigenvalue weighted by Crippen LogP contribution is 2.38. The topological polar surface area (TPSA) is 116 Å². The minimum Gasteiger partial charge on any atom is -0.490 e. The third kappa shape index (κ3) is 2.10. The number of hydrogen-bond donors (Lipinski definition) is 1. The lowest BCUT2D eigenvalue weighted by Gasteiger charge is -2.06. The van der Waals surface area contributed by atoms with E-state index < -0.39 is 10.9 Å². The third-order valence-corrected chi connectivity index (χ3v) is 2.41. The number of nitro benzene ring substituents is 1. The molecule has 0 unspecified atom stereocenters. The van der Waals surface area contributed by atoms with Crippen molar-refractivity contribution in [2.75, 3.05) is 7.11 Å². The van der Waals surface area contributed by atoms with Crippen LogP contribution in [0.25, 0.3) is 11.3 Å². The summed E-state index contributed by atoms with van der Waals surface area (Å²) >= 11 is 0. The molecule has 0 atom stereocenters. The number of hydrogen-bond acceptors (Lipinski definition) is 6. The van der Waals surface area contributed by atoms with Gasteiger partial charge in [0.2, 0.25) is 5.75 Å². The van der Waals surface area contributed by atoms with Crippen LogP contribution < -0.4 is 4.74 Å². The number of carbonyl (C=O) groups is 1. The number of nitro groups is 1. The molecule has 98 valence electrons. The summed E-state index contributed by atoms with van der Waals surface area (Å²) in [4.78, 5) is 24.8. The Morgan fingerprint density at radius 1 is 1.53 bits per heavy atom. The summed E-state index contributed by atoms with van der Waals surface area (Å²) in [6.07, 6.45) is 0.955. The van der Waals surface area contributed by atoms with Crippen LogP contribution in [0.1, 0.15) is 10.5 Å². The molecule has 2 aromatic rings. The van der Waals surface area contributed by atoms with E-state index in [0.29, 0.717) is 0 Å². The van der Waals surface area contributed by atoms with E-state index in [1.54, 1.807) is 0 Å². The predicted octanol–water partition coefficient (Wildman–Crippen LogP) is 1.96. The monoisotopic (exact) mass is 264 g/mol. The molecule has 2 rings (SSSR count). The van der Waals surface area contributed by atoms with Gasteiger partial charge in [-0.2, -0.15) is 0 Å². The van der Waals surface area contributed by atoms with Crippen molar-refractivity contribution >= 4 is 11.7 Å². The molecule has 8 heteroatoms. The standard InChI is InChI=1S/C11H8N2O6/c1-18-9-6(3-2-4-7(9)13(16)17)10-8(11(14)15)12-5-19-10/h2-5H,1H3,(H,14,15). The van der Waals surface area contributed by atoms with Gasteiger partial charge in [-0.05, 0) is 6.07 Å². The Morgan fingerprint density at radius 3 is 2.84 bits per heavy atom. The van der Waals surface area contributed by atoms with E-state index in [4.69, 9.17) is 14.3 Å². The van der Waals surface area contributed by atoms with E-state index in [-0.39, 0.29) is 28.5 Å². The third-order valence-electron chi connectivity index (χ3n) is 2.41. The summed E-state index contributed by atoms with van der Waals surface area (Å²) in [5.74, 6) is -1.46. The molecule has 0 aliphatic carbocycles. The largest absolute Gasteiger partial charge is 0.490 e. The van der Waals surface area contributed by atoms with Crippen LogP contribution in [0.3, 0.4) is 0 Å². The zero-order chi connectivity index (χ0) is 14.0. The maximum absolute atomic E-state index is 11.0. The van der Waals surface area contributed by atoms with Crippen molar-refractivity contribution < 1.29 is 24.0 Å². The van der Waals surface area contributed by atoms with Crippen molar-refractivity contribution in [1.29, 1.82) is 0 Å². The summed E-state index contributed by atoms with van der Waals surface area (Å²) < 4.78 is 9.97. The van der Waals surface area contributed by atoms with E-state index in [2.05, 4.69) is 4.98 Å². The summed E-state index contributed by atoms with van der Waals surface area (Å²) in [6, 6.07) is 4.11. The Morgan fingerprint density at radius 2 is 2.26 bits per heavy atom. The van der Waals surface area contributed by atoms with E-state index in [1.165, 1.54) is 25.3 Å². The van der Waals surface area contributed by atoms with Gasteiger partial charge in [0.25, 0.3) is 0 Å². The molecule has 19 heavy (non-hydrogen) atoms. The second-order valence-electron chi connectivity index (χ2n) is 3.45. The Kier molecular flexibility index (Phi) is 3.15. The summed E-state index contributed by atoms with van der Waals surface area (Å²) in [7, 11) is 1.25. The molecule has 0 spiro atoms. The molecule has 1 heterocycles. The molecule has 1 aromatic carbocycles. The Labute approximate surface area is 106 Å². The zero-order valence-corrected chi connectivity index (χ0v) is 9.69. The molecule has 0 fully saturated rings. The van der Waals surface area contributed by atoms with Crippen LogP contribution in [-0.4, -0.2) is 28.1 Å². The van der Waals surface area contributed by atoms with Gasteiger partial charge in [-0.15, -0.1) is 0 Å². The number of para-hydroxylation sites is 1. The lowest BCUT2D eigenvalue weighted by molar-refractivity contribution is -0.385. The summed E-state index contributed by atoms with van der Waals surface area (Å²) in [6.45, 7) is 0. The molecule has 0 aliphatic rings. The first-order chi connectivity index (χ1) is 9.06. The first-order valence-corrected chi connectivity index (χ1v) is 5.04. The highest BCUT2D eigenvalue weighted by atomic mass is 16.6. The van der Waals surface area contributed by atoms with Gasteiger partial charge in [0, 0.05) is 6.07 Å². The van der Waals surface area contributed by atoms with Gasteiger partial charge in [-0.25, -0.2) is 9.78 Å². The van der Waals surface area contributed by atoms with Crippen LogP contribution in [0.2, 0.25) is 0 Å². The van der Waals surface area contributed by atoms with E-state index >= 15 is 0 Å². The van der Waals surface area contributed by atoms with E-state index in [9.17, 15) is 14.9 Å². The fraction of sp³-hybridized carbons (Fsp3) is 0.0909. The maximum atomic E-state index is 11.0. The molecule has 0 saturated carbocycles. The first-order valence-electron chi connectivity index (χ1n) is 5.04.